The second-order valence-corrected chi connectivity index (χ2v) is 9.62. The van der Waals surface area contributed by atoms with Crippen LogP contribution >= 0.6 is 0 Å². The second-order valence-electron chi connectivity index (χ2n) is 9.62. The number of unbranched alkanes of at least 4 members (excludes halogenated alkanes) is 2. The van der Waals surface area contributed by atoms with E-state index >= 15 is 0 Å². The van der Waals surface area contributed by atoms with Crippen molar-refractivity contribution in [1.29, 1.82) is 0 Å². The van der Waals surface area contributed by atoms with E-state index in [1.165, 1.54) is 0 Å². The average Bonchev–Trinajstić information content (AvgIpc) is 2.82. The van der Waals surface area contributed by atoms with E-state index in [9.17, 15) is 4.79 Å². The van der Waals surface area contributed by atoms with Gasteiger partial charge in [0.25, 0.3) is 0 Å². The summed E-state index contributed by atoms with van der Waals surface area (Å²) in [6, 6.07) is 11.4. The first-order chi connectivity index (χ1) is 16.3. The Morgan fingerprint density at radius 1 is 0.824 bits per heavy atom. The lowest BCUT2D eigenvalue weighted by Gasteiger charge is -2.25. The molecule has 0 fully saturated rings. The lowest BCUT2D eigenvalue weighted by Crippen LogP contribution is -2.15. The summed E-state index contributed by atoms with van der Waals surface area (Å²) in [5.74, 6) is 2.31. The van der Waals surface area contributed by atoms with Gasteiger partial charge in [0.05, 0.1) is 19.8 Å². The standard InChI is InChI=1S/C30H42O4/c1-7-10-19-33-28-22-23(21-26(30(4,5)6)29(28)34-20-11-8-2)12-17-27(31)24-13-15-25(16-14-24)32-18-9-3/h12-17,21-22H,7-11,18-20H2,1-6H3/b17-12+. The van der Waals surface area contributed by atoms with Gasteiger partial charge in [-0.25, -0.2) is 0 Å². The zero-order valence-corrected chi connectivity index (χ0v) is 21.9. The third-order valence-electron chi connectivity index (χ3n) is 5.42. The smallest absolute Gasteiger partial charge is 0.185 e. The number of carbonyl (C=O) groups is 1. The lowest BCUT2D eigenvalue weighted by molar-refractivity contribution is 0.104. The molecule has 4 nitrogen and oxygen atoms in total. The summed E-state index contributed by atoms with van der Waals surface area (Å²) in [5.41, 5.74) is 2.51. The van der Waals surface area contributed by atoms with Gasteiger partial charge in [0.15, 0.2) is 17.3 Å². The Hall–Kier alpha value is -2.75. The van der Waals surface area contributed by atoms with Crippen LogP contribution in [0.15, 0.2) is 42.5 Å². The van der Waals surface area contributed by atoms with Crippen LogP contribution in [0.25, 0.3) is 6.08 Å². The summed E-state index contributed by atoms with van der Waals surface area (Å²) < 4.78 is 18.0. The molecule has 2 aromatic carbocycles. The molecule has 0 bridgehead atoms. The van der Waals surface area contributed by atoms with Crippen molar-refractivity contribution in [3.63, 3.8) is 0 Å². The molecule has 0 aliphatic heterocycles. The summed E-state index contributed by atoms with van der Waals surface area (Å²) in [6.07, 6.45) is 8.55. The predicted molar refractivity (Wildman–Crippen MR) is 142 cm³/mol. The van der Waals surface area contributed by atoms with Crippen LogP contribution < -0.4 is 14.2 Å². The minimum atomic E-state index is -0.132. The number of hydrogen-bond acceptors (Lipinski definition) is 4. The molecule has 0 aromatic heterocycles. The lowest BCUT2D eigenvalue weighted by atomic mass is 9.85. The van der Waals surface area contributed by atoms with Gasteiger partial charge in [-0.2, -0.15) is 0 Å². The van der Waals surface area contributed by atoms with Crippen molar-refractivity contribution in [1.82, 2.24) is 0 Å². The molecule has 0 aliphatic rings. The summed E-state index contributed by atoms with van der Waals surface area (Å²) in [4.78, 5) is 12.8. The topological polar surface area (TPSA) is 44.8 Å². The molecular formula is C30H42O4. The highest BCUT2D eigenvalue weighted by Gasteiger charge is 2.23. The highest BCUT2D eigenvalue weighted by atomic mass is 16.5. The van der Waals surface area contributed by atoms with Gasteiger partial charge in [0.2, 0.25) is 0 Å². The normalized spacial score (nSPS) is 11.6. The molecule has 0 N–H and O–H groups in total. The number of carbonyl (C=O) groups excluding carboxylic acids is 1. The number of allylic oxidation sites excluding steroid dienone is 1. The van der Waals surface area contributed by atoms with Crippen molar-refractivity contribution >= 4 is 11.9 Å². The Balaban J connectivity index is 2.32. The molecular weight excluding hydrogens is 424 g/mol. The zero-order chi connectivity index (χ0) is 25.0. The predicted octanol–water partition coefficient (Wildman–Crippen LogP) is 8.03. The Morgan fingerprint density at radius 2 is 1.47 bits per heavy atom. The van der Waals surface area contributed by atoms with E-state index < -0.39 is 0 Å². The van der Waals surface area contributed by atoms with Crippen molar-refractivity contribution in [2.45, 2.75) is 79.1 Å². The molecule has 4 heteroatoms. The highest BCUT2D eigenvalue weighted by molar-refractivity contribution is 6.06. The molecule has 34 heavy (non-hydrogen) atoms. The number of rotatable bonds is 14. The third-order valence-corrected chi connectivity index (χ3v) is 5.42. The first kappa shape index (κ1) is 27.5. The van der Waals surface area contributed by atoms with Gasteiger partial charge in [0.1, 0.15) is 5.75 Å². The van der Waals surface area contributed by atoms with Gasteiger partial charge in [-0.05, 0) is 72.7 Å². The van der Waals surface area contributed by atoms with Crippen LogP contribution in [0.4, 0.5) is 0 Å². The first-order valence-electron chi connectivity index (χ1n) is 12.7. The van der Waals surface area contributed by atoms with Crippen LogP contribution in [0.3, 0.4) is 0 Å². The molecule has 0 atom stereocenters. The molecule has 0 radical (unpaired) electrons. The van der Waals surface area contributed by atoms with Gasteiger partial charge >= 0.3 is 0 Å². The summed E-state index contributed by atoms with van der Waals surface area (Å²) in [5, 5.41) is 0. The SMILES string of the molecule is CCCCOc1cc(/C=C/C(=O)c2ccc(OCCC)cc2)cc(C(C)(C)C)c1OCCCC. The van der Waals surface area contributed by atoms with Gasteiger partial charge in [-0.1, -0.05) is 60.5 Å². The van der Waals surface area contributed by atoms with Crippen molar-refractivity contribution in [3.05, 3.63) is 59.2 Å². The van der Waals surface area contributed by atoms with Crippen LogP contribution in [0, 0.1) is 0 Å². The van der Waals surface area contributed by atoms with E-state index in [0.717, 1.165) is 60.5 Å². The summed E-state index contributed by atoms with van der Waals surface area (Å²) in [6.45, 7) is 14.9. The van der Waals surface area contributed by atoms with E-state index in [1.54, 1.807) is 6.08 Å². The Bertz CT molecular complexity index is 920. The maximum atomic E-state index is 12.8. The average molecular weight is 467 g/mol. The molecule has 2 aromatic rings. The molecule has 0 saturated heterocycles. The van der Waals surface area contributed by atoms with Gasteiger partial charge in [-0.15, -0.1) is 0 Å². The molecule has 0 aliphatic carbocycles. The molecule has 0 heterocycles. The Labute approximate surface area is 206 Å². The quantitative estimate of drug-likeness (QED) is 0.161. The van der Waals surface area contributed by atoms with E-state index in [-0.39, 0.29) is 11.2 Å². The highest BCUT2D eigenvalue weighted by Crippen LogP contribution is 2.40. The van der Waals surface area contributed by atoms with Crippen molar-refractivity contribution in [2.24, 2.45) is 0 Å². The first-order valence-corrected chi connectivity index (χ1v) is 12.7. The fraction of sp³-hybridized carbons (Fsp3) is 0.500. The molecule has 186 valence electrons. The number of ketones is 1. The van der Waals surface area contributed by atoms with Crippen LogP contribution in [-0.4, -0.2) is 25.6 Å². The number of ether oxygens (including phenoxy) is 3. The maximum Gasteiger partial charge on any atom is 0.185 e. The number of hydrogen-bond donors (Lipinski definition) is 0. The molecule has 0 amide bonds. The molecule has 0 spiro atoms. The van der Waals surface area contributed by atoms with E-state index in [0.29, 0.717) is 25.4 Å². The van der Waals surface area contributed by atoms with Crippen molar-refractivity contribution in [3.8, 4) is 17.2 Å². The van der Waals surface area contributed by atoms with Crippen molar-refractivity contribution in [2.75, 3.05) is 19.8 Å². The van der Waals surface area contributed by atoms with Crippen LogP contribution in [0.5, 0.6) is 17.2 Å². The molecule has 2 rings (SSSR count). The second kappa shape index (κ2) is 13.8. The molecule has 0 unspecified atom stereocenters. The van der Waals surface area contributed by atoms with Crippen LogP contribution in [0.2, 0.25) is 0 Å². The maximum absolute atomic E-state index is 12.8. The van der Waals surface area contributed by atoms with Crippen molar-refractivity contribution < 1.29 is 19.0 Å². The summed E-state index contributed by atoms with van der Waals surface area (Å²) in [7, 11) is 0. The Morgan fingerprint density at radius 3 is 2.06 bits per heavy atom. The largest absolute Gasteiger partial charge is 0.494 e. The van der Waals surface area contributed by atoms with Gasteiger partial charge < -0.3 is 14.2 Å². The van der Waals surface area contributed by atoms with Gasteiger partial charge in [-0.3, -0.25) is 4.79 Å². The van der Waals surface area contributed by atoms with Crippen LogP contribution in [0.1, 0.15) is 95.1 Å². The van der Waals surface area contributed by atoms with E-state index in [1.807, 2.05) is 36.4 Å². The summed E-state index contributed by atoms with van der Waals surface area (Å²) >= 11 is 0. The fourth-order valence-electron chi connectivity index (χ4n) is 3.38. The van der Waals surface area contributed by atoms with E-state index in [2.05, 4.69) is 47.6 Å². The van der Waals surface area contributed by atoms with Crippen LogP contribution in [-0.2, 0) is 5.41 Å². The monoisotopic (exact) mass is 466 g/mol. The third kappa shape index (κ3) is 8.55. The molecule has 0 saturated carbocycles. The minimum Gasteiger partial charge on any atom is -0.494 e. The number of benzene rings is 2. The minimum absolute atomic E-state index is 0.0453. The fourth-order valence-corrected chi connectivity index (χ4v) is 3.38. The zero-order valence-electron chi connectivity index (χ0n) is 21.9. The van der Waals surface area contributed by atoms with Gasteiger partial charge in [0, 0.05) is 11.1 Å². The van der Waals surface area contributed by atoms with E-state index in [4.69, 9.17) is 14.2 Å². The Kier molecular flexibility index (Phi) is 11.2.